The van der Waals surface area contributed by atoms with E-state index in [9.17, 15) is 19.8 Å². The van der Waals surface area contributed by atoms with Crippen molar-refractivity contribution in [3.8, 4) is 11.5 Å². The third-order valence-corrected chi connectivity index (χ3v) is 7.76. The summed E-state index contributed by atoms with van der Waals surface area (Å²) in [4.78, 5) is 38.8. The maximum atomic E-state index is 10.5. The number of fused-ring (bicyclic) bond motifs is 6. The van der Waals surface area contributed by atoms with Gasteiger partial charge in [-0.2, -0.15) is 0 Å². The molecule has 4 aromatic heterocycles. The molecule has 8 N–H and O–H groups in total. The third-order valence-electron chi connectivity index (χ3n) is 7.76. The number of aromatic nitrogens is 4. The van der Waals surface area contributed by atoms with E-state index in [1.807, 2.05) is 52.0 Å². The quantitative estimate of drug-likeness (QED) is 0.175. The Morgan fingerprint density at radius 3 is 0.857 bits per heavy atom. The first-order valence-corrected chi connectivity index (χ1v) is 16.2. The van der Waals surface area contributed by atoms with Gasteiger partial charge >= 0.3 is 39.2 Å². The van der Waals surface area contributed by atoms with Crippen molar-refractivity contribution in [3.63, 3.8) is 0 Å². The van der Waals surface area contributed by atoms with Crippen LogP contribution in [-0.2, 0) is 0 Å². The van der Waals surface area contributed by atoms with Crippen LogP contribution in [0.25, 0.3) is 43.6 Å². The molecule has 4 aromatic carbocycles. The molecule has 14 heteroatoms. The van der Waals surface area contributed by atoms with Crippen LogP contribution >= 0.6 is 0 Å². The number of rotatable bonds is 2. The fourth-order valence-corrected chi connectivity index (χ4v) is 5.18. The molecule has 2 radical (unpaired) electrons. The van der Waals surface area contributed by atoms with Crippen LogP contribution in [0.4, 0.5) is 0 Å². The minimum atomic E-state index is -1.07. The van der Waals surface area contributed by atoms with Gasteiger partial charge in [0.15, 0.2) is 0 Å². The average molecular weight is 952 g/mol. The molecule has 0 atom stereocenters. The van der Waals surface area contributed by atoms with Gasteiger partial charge in [0.1, 0.15) is 0 Å². The predicted octanol–water partition coefficient (Wildman–Crippen LogP) is 4.86. The molecular weight excluding hydrogens is 912 g/mol. The first-order valence-electron chi connectivity index (χ1n) is 16.2. The van der Waals surface area contributed by atoms with Gasteiger partial charge in [0.05, 0.1) is 33.2 Å². The van der Waals surface area contributed by atoms with Gasteiger partial charge in [-0.15, -0.1) is 11.5 Å². The summed E-state index contributed by atoms with van der Waals surface area (Å²) in [5.74, 6) is -2.70. The van der Waals surface area contributed by atoms with Crippen LogP contribution in [0.3, 0.4) is 0 Å². The molecule has 0 aliphatic carbocycles. The Labute approximate surface area is 342 Å². The van der Waals surface area contributed by atoms with Gasteiger partial charge in [-0.25, -0.2) is 9.59 Å². The summed E-state index contributed by atoms with van der Waals surface area (Å²) in [6.07, 6.45) is 0. The molecule has 56 heavy (non-hydrogen) atoms. The average Bonchev–Trinajstić information content (AvgIpc) is 3.12. The van der Waals surface area contributed by atoms with Crippen molar-refractivity contribution in [1.82, 2.24) is 19.9 Å². The first kappa shape index (κ1) is 47.9. The minimum absolute atomic E-state index is 0. The Morgan fingerprint density at radius 2 is 0.661 bits per heavy atom. The van der Waals surface area contributed by atoms with Gasteiger partial charge in [-0.05, 0) is 64.1 Å². The molecule has 286 valence electrons. The maximum Gasteiger partial charge on any atom is 2.00 e. The van der Waals surface area contributed by atoms with Crippen molar-refractivity contribution in [2.45, 2.75) is 27.7 Å². The minimum Gasteiger partial charge on any atom is -0.872 e. The number of carbonyl (C=O) groups is 2. The molecule has 8 aromatic rings. The van der Waals surface area contributed by atoms with E-state index < -0.39 is 11.9 Å². The van der Waals surface area contributed by atoms with Crippen LogP contribution in [0.5, 0.6) is 11.5 Å². The van der Waals surface area contributed by atoms with E-state index >= 15 is 0 Å². The van der Waals surface area contributed by atoms with Crippen LogP contribution in [0.2, 0.25) is 0 Å². The normalized spacial score (nSPS) is 9.64. The van der Waals surface area contributed by atoms with E-state index in [2.05, 4.69) is 68.5 Å². The van der Waals surface area contributed by atoms with Crippen LogP contribution in [0.1, 0.15) is 43.5 Å². The summed E-state index contributed by atoms with van der Waals surface area (Å²) in [5, 5.41) is 42.4. The zero-order valence-corrected chi connectivity index (χ0v) is 34.8. The molecule has 0 bridgehead atoms. The molecule has 0 aliphatic rings. The topological polar surface area (TPSA) is 267 Å². The fourth-order valence-electron chi connectivity index (χ4n) is 5.18. The second-order valence-corrected chi connectivity index (χ2v) is 11.9. The number of carboxylic acid groups (broad SMARTS) is 2. The van der Waals surface area contributed by atoms with E-state index in [-0.39, 0.29) is 66.4 Å². The Bertz CT molecular complexity index is 2290. The van der Waals surface area contributed by atoms with Crippen molar-refractivity contribution in [1.29, 1.82) is 0 Å². The molecule has 0 unspecified atom stereocenters. The van der Waals surface area contributed by atoms with E-state index in [0.717, 1.165) is 78.5 Å². The Hall–Kier alpha value is -6.14. The van der Waals surface area contributed by atoms with E-state index in [1.165, 1.54) is 36.4 Å². The number of nitrogens with zero attached hydrogens (tertiary/aromatic N) is 4. The van der Waals surface area contributed by atoms with Crippen molar-refractivity contribution in [3.05, 3.63) is 155 Å². The zero-order valence-electron chi connectivity index (χ0n) is 30.9. The standard InChI is InChI=1S/2C14H12N2.2C7H6O3.3H2O.Pb/c2*1-9-3-5-11-7-8-12-6-4-10(2)16-14(12)13(11)15-9;2*8-6-3-1-2-5(4-6)7(9)10;;;;/h2*3-8H,1-2H3;2*1-4,8H,(H,9,10);3*1H2;/q;;;;;;;+2/p-2. The van der Waals surface area contributed by atoms with Gasteiger partial charge in [-0.1, -0.05) is 84.9 Å². The third kappa shape index (κ3) is 12.5. The SMILES string of the molecule is Cc1ccc2ccc3ccc(C)nc3c2n1.Cc1ccc2ccc3ccc(C)nc3c2n1.O.O.O.O=C(O)c1cccc([O-])c1.O=C(O)c1cccc([O-])c1.[Pb+2]. The summed E-state index contributed by atoms with van der Waals surface area (Å²) >= 11 is 0. The van der Waals surface area contributed by atoms with E-state index in [1.54, 1.807) is 0 Å². The Morgan fingerprint density at radius 1 is 0.429 bits per heavy atom. The van der Waals surface area contributed by atoms with Crippen molar-refractivity contribution in [2.75, 3.05) is 0 Å². The molecule has 4 heterocycles. The second kappa shape index (κ2) is 21.7. The molecular formula is C42H40N4O9Pb. The van der Waals surface area contributed by atoms with Gasteiger partial charge in [-0.3, -0.25) is 19.9 Å². The van der Waals surface area contributed by atoms with Gasteiger partial charge in [0, 0.05) is 44.3 Å². The number of aryl methyl sites for hydroxylation is 4. The smallest absolute Gasteiger partial charge is 0.872 e. The number of carboxylic acids is 2. The van der Waals surface area contributed by atoms with Crippen molar-refractivity contribution in [2.24, 2.45) is 0 Å². The summed E-state index contributed by atoms with van der Waals surface area (Å²) < 4.78 is 0. The van der Waals surface area contributed by atoms with Crippen LogP contribution in [0, 0.1) is 27.7 Å². The summed E-state index contributed by atoms with van der Waals surface area (Å²) in [5.41, 5.74) is 8.20. The molecule has 13 nitrogen and oxygen atoms in total. The number of hydrogen-bond acceptors (Lipinski definition) is 8. The summed E-state index contributed by atoms with van der Waals surface area (Å²) in [6, 6.07) is 35.3. The second-order valence-electron chi connectivity index (χ2n) is 11.9. The zero-order chi connectivity index (χ0) is 37.4. The van der Waals surface area contributed by atoms with Crippen LogP contribution in [0.15, 0.2) is 121 Å². The van der Waals surface area contributed by atoms with Crippen molar-refractivity contribution < 1.29 is 46.4 Å². The van der Waals surface area contributed by atoms with Gasteiger partial charge in [0.2, 0.25) is 0 Å². The van der Waals surface area contributed by atoms with Gasteiger partial charge < -0.3 is 36.9 Å². The Balaban J connectivity index is 0.000000374. The molecule has 0 aliphatic heterocycles. The summed E-state index contributed by atoms with van der Waals surface area (Å²) in [6.45, 7) is 8.03. The van der Waals surface area contributed by atoms with Crippen molar-refractivity contribution >= 4 is 82.8 Å². The van der Waals surface area contributed by atoms with Crippen LogP contribution < -0.4 is 10.2 Å². The van der Waals surface area contributed by atoms with Crippen LogP contribution in [-0.4, -0.2) is 85.8 Å². The first-order chi connectivity index (χ1) is 24.9. The number of benzene rings is 4. The Kier molecular flexibility index (Phi) is 18.5. The molecule has 0 saturated carbocycles. The number of aromatic carboxylic acids is 2. The molecule has 0 amide bonds. The number of hydrogen-bond donors (Lipinski definition) is 2. The monoisotopic (exact) mass is 952 g/mol. The van der Waals surface area contributed by atoms with E-state index in [4.69, 9.17) is 10.2 Å². The molecule has 0 saturated heterocycles. The predicted molar refractivity (Wildman–Crippen MR) is 215 cm³/mol. The summed E-state index contributed by atoms with van der Waals surface area (Å²) in [7, 11) is 0. The maximum absolute atomic E-state index is 10.5. The largest absolute Gasteiger partial charge is 2.00 e. The van der Waals surface area contributed by atoms with Gasteiger partial charge in [0.25, 0.3) is 0 Å². The number of pyridine rings is 4. The molecule has 8 rings (SSSR count). The van der Waals surface area contributed by atoms with E-state index in [0.29, 0.717) is 0 Å². The molecule has 0 spiro atoms. The fraction of sp³-hybridized carbons (Fsp3) is 0.0952. The molecule has 0 fully saturated rings.